The van der Waals surface area contributed by atoms with Crippen LogP contribution in [0.1, 0.15) is 54.9 Å². The molecule has 1 saturated heterocycles. The zero-order chi connectivity index (χ0) is 27.9. The van der Waals surface area contributed by atoms with Crippen molar-refractivity contribution in [1.29, 1.82) is 0 Å². The van der Waals surface area contributed by atoms with E-state index in [9.17, 15) is 9.59 Å². The molecule has 1 fully saturated rings. The molecule has 1 unspecified atom stereocenters. The Kier molecular flexibility index (Phi) is 9.37. The first-order valence-electron chi connectivity index (χ1n) is 13.1. The van der Waals surface area contributed by atoms with Crippen molar-refractivity contribution in [1.82, 2.24) is 30.1 Å². The summed E-state index contributed by atoms with van der Waals surface area (Å²) in [6, 6.07) is 9.50. The van der Waals surface area contributed by atoms with Gasteiger partial charge in [-0.1, -0.05) is 23.7 Å². The van der Waals surface area contributed by atoms with E-state index in [2.05, 4.69) is 26.7 Å². The summed E-state index contributed by atoms with van der Waals surface area (Å²) < 4.78 is 6.97. The number of fused-ring (bicyclic) bond motifs is 2. The van der Waals surface area contributed by atoms with Gasteiger partial charge < -0.3 is 24.8 Å². The van der Waals surface area contributed by atoms with Gasteiger partial charge in [-0.25, -0.2) is 9.78 Å². The number of hydrogen-bond acceptors (Lipinski definition) is 6. The molecule has 0 radical (unpaired) electrons. The molecule has 39 heavy (non-hydrogen) atoms. The van der Waals surface area contributed by atoms with E-state index >= 15 is 0 Å². The second-order valence-corrected chi connectivity index (χ2v) is 10.3. The lowest BCUT2D eigenvalue weighted by Crippen LogP contribution is -2.47. The van der Waals surface area contributed by atoms with Crippen molar-refractivity contribution in [3.8, 4) is 0 Å². The summed E-state index contributed by atoms with van der Waals surface area (Å²) in [7, 11) is 1.92. The quantitative estimate of drug-likeness (QED) is 0.504. The van der Waals surface area contributed by atoms with Crippen LogP contribution in [0.15, 0.2) is 49.1 Å². The number of carbonyl (C=O) groups is 2. The Morgan fingerprint density at radius 3 is 2.62 bits per heavy atom. The van der Waals surface area contributed by atoms with Crippen LogP contribution in [-0.4, -0.2) is 63.7 Å². The third-order valence-electron chi connectivity index (χ3n) is 6.50. The van der Waals surface area contributed by atoms with Crippen LogP contribution >= 0.6 is 11.6 Å². The molecule has 3 heterocycles. The van der Waals surface area contributed by atoms with Crippen LogP contribution in [0, 0.1) is 0 Å². The SMILES string of the molecule is CC(=O)NC(C1=Cc2cccnc2Cc2ccc(Cl)cc21)c1cncn1C.CC(C)OC(=O)N1CCNCC1. The minimum atomic E-state index is -0.349. The molecule has 2 N–H and O–H groups in total. The molecule has 0 bridgehead atoms. The van der Waals surface area contributed by atoms with Crippen molar-refractivity contribution in [3.05, 3.63) is 82.2 Å². The lowest BCUT2D eigenvalue weighted by molar-refractivity contribution is -0.119. The molecule has 1 aromatic carbocycles. The summed E-state index contributed by atoms with van der Waals surface area (Å²) in [4.78, 5) is 33.8. The van der Waals surface area contributed by atoms with Gasteiger partial charge in [-0.15, -0.1) is 0 Å². The van der Waals surface area contributed by atoms with Crippen LogP contribution in [0.5, 0.6) is 0 Å². The van der Waals surface area contributed by atoms with Gasteiger partial charge in [0.15, 0.2) is 0 Å². The van der Waals surface area contributed by atoms with Gasteiger partial charge in [0.05, 0.1) is 36.1 Å². The summed E-state index contributed by atoms with van der Waals surface area (Å²) in [6.45, 7) is 8.49. The third kappa shape index (κ3) is 7.25. The molecule has 2 amide bonds. The topological polar surface area (TPSA) is 101 Å². The smallest absolute Gasteiger partial charge is 0.410 e. The number of benzene rings is 1. The molecule has 1 atom stereocenters. The molecule has 5 rings (SSSR count). The van der Waals surface area contributed by atoms with Gasteiger partial charge in [-0.2, -0.15) is 0 Å². The second-order valence-electron chi connectivity index (χ2n) is 9.85. The molecule has 2 aliphatic rings. The monoisotopic (exact) mass is 550 g/mol. The van der Waals surface area contributed by atoms with E-state index in [-0.39, 0.29) is 24.1 Å². The molecule has 1 aliphatic heterocycles. The Morgan fingerprint density at radius 1 is 1.18 bits per heavy atom. The number of hydrogen-bond donors (Lipinski definition) is 2. The molecule has 9 nitrogen and oxygen atoms in total. The van der Waals surface area contributed by atoms with E-state index in [0.717, 1.165) is 59.8 Å². The van der Waals surface area contributed by atoms with Crippen LogP contribution in [0.2, 0.25) is 5.02 Å². The predicted octanol–water partition coefficient (Wildman–Crippen LogP) is 4.23. The Labute approximate surface area is 234 Å². The molecule has 0 spiro atoms. The van der Waals surface area contributed by atoms with E-state index in [1.807, 2.05) is 55.8 Å². The van der Waals surface area contributed by atoms with Gasteiger partial charge in [0, 0.05) is 57.8 Å². The number of pyridine rings is 1. The van der Waals surface area contributed by atoms with Crippen molar-refractivity contribution in [2.45, 2.75) is 39.3 Å². The fourth-order valence-corrected chi connectivity index (χ4v) is 4.82. The number of halogens is 1. The minimum Gasteiger partial charge on any atom is -0.447 e. The number of piperazine rings is 1. The average Bonchev–Trinajstić information content (AvgIpc) is 3.26. The number of amides is 2. The fourth-order valence-electron chi connectivity index (χ4n) is 4.65. The average molecular weight is 551 g/mol. The van der Waals surface area contributed by atoms with Crippen LogP contribution in [0.25, 0.3) is 11.6 Å². The molecular weight excluding hydrogens is 516 g/mol. The molecular formula is C29H35ClN6O3. The van der Waals surface area contributed by atoms with E-state index < -0.39 is 0 Å². The zero-order valence-corrected chi connectivity index (χ0v) is 23.5. The van der Waals surface area contributed by atoms with E-state index in [4.69, 9.17) is 16.3 Å². The summed E-state index contributed by atoms with van der Waals surface area (Å²) in [5, 5.41) is 6.91. The Balaban J connectivity index is 0.000000247. The minimum absolute atomic E-state index is 0.0209. The summed E-state index contributed by atoms with van der Waals surface area (Å²) in [5.41, 5.74) is 6.05. The van der Waals surface area contributed by atoms with Gasteiger partial charge >= 0.3 is 6.09 Å². The largest absolute Gasteiger partial charge is 0.447 e. The van der Waals surface area contributed by atoms with Crippen LogP contribution < -0.4 is 10.6 Å². The normalized spacial score (nSPS) is 15.1. The van der Waals surface area contributed by atoms with Gasteiger partial charge in [0.2, 0.25) is 5.91 Å². The first kappa shape index (κ1) is 28.3. The fraction of sp³-hybridized carbons (Fsp3) is 0.379. The number of nitrogens with one attached hydrogen (secondary N) is 2. The van der Waals surface area contributed by atoms with Crippen LogP contribution in [0.3, 0.4) is 0 Å². The van der Waals surface area contributed by atoms with Crippen molar-refractivity contribution in [2.75, 3.05) is 26.2 Å². The number of aryl methyl sites for hydroxylation is 1. The molecule has 206 valence electrons. The lowest BCUT2D eigenvalue weighted by atomic mass is 9.92. The summed E-state index contributed by atoms with van der Waals surface area (Å²) in [5.74, 6) is -0.110. The first-order chi connectivity index (χ1) is 18.7. The van der Waals surface area contributed by atoms with Crippen molar-refractivity contribution in [3.63, 3.8) is 0 Å². The zero-order valence-electron chi connectivity index (χ0n) is 22.8. The standard InChI is InChI=1S/C21H19ClN4O.C8H16N2O2/c1-13(27)25-21(20-11-23-12-26(20)2)18-8-15-4-3-7-24-19(15)9-14-5-6-16(22)10-17(14)18;1-7(2)12-8(11)10-5-3-9-4-6-10/h3-8,10-12,21H,9H2,1-2H3,(H,25,27);7,9H,3-6H2,1-2H3. The van der Waals surface area contributed by atoms with Crippen molar-refractivity contribution in [2.24, 2.45) is 7.05 Å². The lowest BCUT2D eigenvalue weighted by Gasteiger charge is -2.27. The maximum atomic E-state index is 12.0. The van der Waals surface area contributed by atoms with E-state index in [1.165, 1.54) is 6.92 Å². The number of imidazole rings is 1. The first-order valence-corrected chi connectivity index (χ1v) is 13.4. The Hall–Kier alpha value is -3.69. The number of ether oxygens (including phenoxy) is 1. The number of aromatic nitrogens is 3. The molecule has 3 aromatic rings. The maximum Gasteiger partial charge on any atom is 0.410 e. The van der Waals surface area contributed by atoms with E-state index in [1.54, 1.807) is 23.6 Å². The number of rotatable bonds is 4. The van der Waals surface area contributed by atoms with Crippen LogP contribution in [-0.2, 0) is 23.0 Å². The van der Waals surface area contributed by atoms with Gasteiger partial charge in [0.1, 0.15) is 0 Å². The third-order valence-corrected chi connectivity index (χ3v) is 6.73. The van der Waals surface area contributed by atoms with Crippen molar-refractivity contribution < 1.29 is 14.3 Å². The number of nitrogens with zero attached hydrogens (tertiary/aromatic N) is 4. The summed E-state index contributed by atoms with van der Waals surface area (Å²) in [6.07, 6.45) is 7.91. The highest BCUT2D eigenvalue weighted by atomic mass is 35.5. The van der Waals surface area contributed by atoms with Gasteiger partial charge in [0.25, 0.3) is 0 Å². The summed E-state index contributed by atoms with van der Waals surface area (Å²) >= 11 is 6.33. The molecule has 10 heteroatoms. The Morgan fingerprint density at radius 2 is 1.95 bits per heavy atom. The molecule has 0 saturated carbocycles. The highest BCUT2D eigenvalue weighted by molar-refractivity contribution is 6.30. The van der Waals surface area contributed by atoms with Gasteiger partial charge in [-0.05, 0) is 60.4 Å². The van der Waals surface area contributed by atoms with Gasteiger partial charge in [-0.3, -0.25) is 9.78 Å². The predicted molar refractivity (Wildman–Crippen MR) is 152 cm³/mol. The van der Waals surface area contributed by atoms with Crippen molar-refractivity contribution >= 4 is 35.3 Å². The highest BCUT2D eigenvalue weighted by Gasteiger charge is 2.26. The highest BCUT2D eigenvalue weighted by Crippen LogP contribution is 2.38. The molecule has 2 aromatic heterocycles. The number of carbonyl (C=O) groups excluding carboxylic acids is 2. The van der Waals surface area contributed by atoms with E-state index in [0.29, 0.717) is 11.4 Å². The Bertz CT molecular complexity index is 1350. The maximum absolute atomic E-state index is 12.0. The van der Waals surface area contributed by atoms with Crippen LogP contribution in [0.4, 0.5) is 4.79 Å². The molecule has 1 aliphatic carbocycles. The second kappa shape index (κ2) is 12.9.